The van der Waals surface area contributed by atoms with E-state index in [0.717, 1.165) is 86.1 Å². The highest BCUT2D eigenvalue weighted by Gasteiger charge is 2.20. The predicted molar refractivity (Wildman–Crippen MR) is 230 cm³/mol. The van der Waals surface area contributed by atoms with E-state index in [-0.39, 0.29) is 5.92 Å². The van der Waals surface area contributed by atoms with Gasteiger partial charge in [-0.2, -0.15) is 0 Å². The lowest BCUT2D eigenvalue weighted by Gasteiger charge is -2.19. The zero-order chi connectivity index (χ0) is 37.4. The zero-order valence-electron chi connectivity index (χ0n) is 30.9. The second-order valence-corrected chi connectivity index (χ2v) is 13.8. The van der Waals surface area contributed by atoms with Crippen molar-refractivity contribution in [2.24, 2.45) is 10.9 Å². The first kappa shape index (κ1) is 35.3. The van der Waals surface area contributed by atoms with Gasteiger partial charge in [-0.05, 0) is 58.4 Å². The average Bonchev–Trinajstić information content (AvgIpc) is 3.27. The molecule has 1 atom stereocenters. The van der Waals surface area contributed by atoms with Crippen LogP contribution in [0.2, 0.25) is 0 Å². The summed E-state index contributed by atoms with van der Waals surface area (Å²) in [5, 5.41) is 11.1. The highest BCUT2D eigenvalue weighted by Crippen LogP contribution is 2.39. The molecule has 1 aromatic heterocycles. The number of amidine groups is 1. The van der Waals surface area contributed by atoms with Gasteiger partial charge >= 0.3 is 0 Å². The van der Waals surface area contributed by atoms with Crippen molar-refractivity contribution >= 4 is 22.3 Å². The van der Waals surface area contributed by atoms with Gasteiger partial charge in [0.25, 0.3) is 0 Å². The Morgan fingerprint density at radius 2 is 1.11 bits per heavy atom. The summed E-state index contributed by atoms with van der Waals surface area (Å²) < 4.78 is 0. The van der Waals surface area contributed by atoms with E-state index < -0.39 is 0 Å². The van der Waals surface area contributed by atoms with E-state index in [1.54, 1.807) is 0 Å². The number of aliphatic imine (C=N–C) groups is 1. The van der Waals surface area contributed by atoms with Crippen molar-refractivity contribution < 1.29 is 0 Å². The molecule has 0 saturated heterocycles. The molecule has 1 N–H and O–H groups in total. The molecular weight excluding hydrogens is 669 g/mol. The molecule has 0 amide bonds. The molecule has 4 heteroatoms. The van der Waals surface area contributed by atoms with Gasteiger partial charge < -0.3 is 0 Å². The van der Waals surface area contributed by atoms with Crippen LogP contribution in [0, 0.1) is 11.3 Å². The minimum Gasteiger partial charge on any atom is -0.282 e. The normalized spacial score (nSPS) is 12.1. The van der Waals surface area contributed by atoms with Crippen molar-refractivity contribution in [1.29, 1.82) is 5.41 Å². The smallest absolute Gasteiger partial charge is 0.161 e. The molecule has 1 unspecified atom stereocenters. The summed E-state index contributed by atoms with van der Waals surface area (Å²) in [4.78, 5) is 15.5. The Hall–Kier alpha value is -6.78. The van der Waals surface area contributed by atoms with Crippen molar-refractivity contribution in [2.45, 2.75) is 26.2 Å². The van der Waals surface area contributed by atoms with Crippen LogP contribution in [0.1, 0.15) is 36.5 Å². The maximum Gasteiger partial charge on any atom is 0.161 e. The molecule has 266 valence electrons. The van der Waals surface area contributed by atoms with Crippen LogP contribution in [-0.2, 0) is 6.42 Å². The van der Waals surface area contributed by atoms with Crippen LogP contribution >= 0.6 is 0 Å². The summed E-state index contributed by atoms with van der Waals surface area (Å²) in [6.45, 7) is 2.22. The number of hydrogen-bond acceptors (Lipinski definition) is 3. The highest BCUT2D eigenvalue weighted by atomic mass is 14.9. The summed E-state index contributed by atoms with van der Waals surface area (Å²) >= 11 is 0. The quantitative estimate of drug-likeness (QED) is 0.107. The fraction of sp³-hybridized carbons (Fsp3) is 0.0980. The van der Waals surface area contributed by atoms with Gasteiger partial charge in [-0.25, -0.2) is 15.0 Å². The number of aromatic nitrogens is 2. The number of aryl methyl sites for hydroxylation is 1. The van der Waals surface area contributed by atoms with Crippen LogP contribution in [-0.4, -0.2) is 21.5 Å². The molecule has 0 aliphatic carbocycles. The monoisotopic (exact) mass is 710 g/mol. The number of nitrogens with zero attached hydrogens (tertiary/aromatic N) is 3. The fourth-order valence-corrected chi connectivity index (χ4v) is 7.33. The average molecular weight is 711 g/mol. The van der Waals surface area contributed by atoms with E-state index in [1.807, 2.05) is 48.5 Å². The number of benzene rings is 7. The number of hydrogen-bond donors (Lipinski definition) is 1. The SMILES string of the molecule is CCC(CCc1ccc(-c2ccc3ccccc3c2-c2nc(-c3ccccc3)cc(-c3ccccc3)n2)cc1)/C(=N\C(=N)c1ccccc1)c1ccccc1. The van der Waals surface area contributed by atoms with Crippen LogP contribution in [0.3, 0.4) is 0 Å². The van der Waals surface area contributed by atoms with Crippen LogP contribution in [0.4, 0.5) is 0 Å². The van der Waals surface area contributed by atoms with Crippen molar-refractivity contribution in [1.82, 2.24) is 9.97 Å². The molecule has 1 heterocycles. The van der Waals surface area contributed by atoms with Gasteiger partial charge in [0.15, 0.2) is 11.7 Å². The van der Waals surface area contributed by atoms with Crippen molar-refractivity contribution in [2.75, 3.05) is 0 Å². The van der Waals surface area contributed by atoms with E-state index in [1.165, 1.54) is 5.56 Å². The van der Waals surface area contributed by atoms with E-state index >= 15 is 0 Å². The molecular formula is C51H42N4. The lowest BCUT2D eigenvalue weighted by atomic mass is 9.88. The molecule has 0 fully saturated rings. The van der Waals surface area contributed by atoms with Gasteiger partial charge in [0.1, 0.15) is 0 Å². The Labute approximate surface area is 323 Å². The summed E-state index contributed by atoms with van der Waals surface area (Å²) in [5.41, 5.74) is 11.3. The number of nitrogens with one attached hydrogen (secondary N) is 1. The van der Waals surface area contributed by atoms with Gasteiger partial charge in [-0.3, -0.25) is 5.41 Å². The Bertz CT molecular complexity index is 2510. The van der Waals surface area contributed by atoms with Crippen molar-refractivity contribution in [3.05, 3.63) is 205 Å². The van der Waals surface area contributed by atoms with Gasteiger partial charge in [0.2, 0.25) is 0 Å². The molecule has 0 saturated carbocycles. The lowest BCUT2D eigenvalue weighted by molar-refractivity contribution is 0.606. The second-order valence-electron chi connectivity index (χ2n) is 13.8. The molecule has 7 aromatic carbocycles. The van der Waals surface area contributed by atoms with E-state index in [9.17, 15) is 0 Å². The molecule has 0 bridgehead atoms. The van der Waals surface area contributed by atoms with Crippen LogP contribution in [0.15, 0.2) is 193 Å². The molecule has 55 heavy (non-hydrogen) atoms. The molecule has 8 aromatic rings. The van der Waals surface area contributed by atoms with Crippen LogP contribution in [0.25, 0.3) is 55.8 Å². The molecule has 8 rings (SSSR count). The minimum absolute atomic E-state index is 0.200. The third-order valence-corrected chi connectivity index (χ3v) is 10.3. The first-order valence-electron chi connectivity index (χ1n) is 19.0. The molecule has 0 spiro atoms. The third-order valence-electron chi connectivity index (χ3n) is 10.3. The van der Waals surface area contributed by atoms with Crippen molar-refractivity contribution in [3.8, 4) is 45.0 Å². The van der Waals surface area contributed by atoms with Crippen molar-refractivity contribution in [3.63, 3.8) is 0 Å². The number of rotatable bonds is 11. The molecule has 0 radical (unpaired) electrons. The van der Waals surface area contributed by atoms with Gasteiger partial charge in [0.05, 0.1) is 17.1 Å². The van der Waals surface area contributed by atoms with E-state index in [0.29, 0.717) is 11.7 Å². The standard InChI is InChI=1S/C51H42N4/c1-2-37(49(42-22-11-5-12-23-42)55-50(52)43-24-13-6-14-25-43)30-27-36-28-31-39(32-29-36)45-34-33-38-17-15-16-26-44(38)48(45)51-53-46(40-18-7-3-8-19-40)35-47(54-51)41-20-9-4-10-21-41/h3-26,28-29,31-35,37,52H,2,27,30H2,1H3/b52-50?,55-49+. The Balaban J connectivity index is 1.14. The fourth-order valence-electron chi connectivity index (χ4n) is 7.33. The van der Waals surface area contributed by atoms with E-state index in [4.69, 9.17) is 20.4 Å². The van der Waals surface area contributed by atoms with Crippen LogP contribution < -0.4 is 0 Å². The van der Waals surface area contributed by atoms with Gasteiger partial charge in [-0.15, -0.1) is 0 Å². The second kappa shape index (κ2) is 16.5. The third kappa shape index (κ3) is 7.95. The highest BCUT2D eigenvalue weighted by molar-refractivity contribution is 6.12. The zero-order valence-corrected chi connectivity index (χ0v) is 30.9. The summed E-state index contributed by atoms with van der Waals surface area (Å²) in [7, 11) is 0. The predicted octanol–water partition coefficient (Wildman–Crippen LogP) is 12.8. The molecule has 4 nitrogen and oxygen atoms in total. The maximum atomic E-state index is 8.82. The topological polar surface area (TPSA) is 62.0 Å². The lowest BCUT2D eigenvalue weighted by Crippen LogP contribution is -2.18. The Morgan fingerprint density at radius 3 is 1.71 bits per heavy atom. The van der Waals surface area contributed by atoms with Gasteiger partial charge in [0, 0.05) is 28.2 Å². The largest absolute Gasteiger partial charge is 0.282 e. The summed E-state index contributed by atoms with van der Waals surface area (Å²) in [6, 6.07) is 64.8. The first-order chi connectivity index (χ1) is 27.1. The Kier molecular flexibility index (Phi) is 10.6. The summed E-state index contributed by atoms with van der Waals surface area (Å²) in [5.74, 6) is 1.20. The van der Waals surface area contributed by atoms with Gasteiger partial charge in [-0.1, -0.05) is 189 Å². The molecule has 0 aliphatic rings. The number of fused-ring (bicyclic) bond motifs is 1. The Morgan fingerprint density at radius 1 is 0.564 bits per heavy atom. The molecule has 0 aliphatic heterocycles. The van der Waals surface area contributed by atoms with Crippen LogP contribution in [0.5, 0.6) is 0 Å². The summed E-state index contributed by atoms with van der Waals surface area (Å²) in [6.07, 6.45) is 2.76. The maximum absolute atomic E-state index is 8.82. The minimum atomic E-state index is 0.200. The first-order valence-corrected chi connectivity index (χ1v) is 19.0. The van der Waals surface area contributed by atoms with E-state index in [2.05, 4.69) is 146 Å².